The molecule has 2 rings (SSSR count). The average Bonchev–Trinajstić information content (AvgIpc) is 2.84. The number of carbonyl (C=O) groups excluding carboxylic acids is 2. The Labute approximate surface area is 111 Å². The summed E-state index contributed by atoms with van der Waals surface area (Å²) in [6.45, 7) is 5.71. The summed E-state index contributed by atoms with van der Waals surface area (Å²) in [6, 6.07) is -0.490. The molecule has 19 heavy (non-hydrogen) atoms. The zero-order chi connectivity index (χ0) is 13.8. The van der Waals surface area contributed by atoms with Crippen molar-refractivity contribution in [2.45, 2.75) is 19.9 Å². The molecule has 0 saturated carbocycles. The number of rotatable bonds is 3. The third-order valence-electron chi connectivity index (χ3n) is 3.14. The number of carbonyl (C=O) groups is 2. The van der Waals surface area contributed by atoms with Gasteiger partial charge in [-0.05, 0) is 13.8 Å². The van der Waals surface area contributed by atoms with Crippen molar-refractivity contribution in [2.24, 2.45) is 0 Å². The zero-order valence-electron chi connectivity index (χ0n) is 11.1. The molecular formula is C12H18N4O3. The van der Waals surface area contributed by atoms with Crippen LogP contribution in [-0.4, -0.2) is 54.1 Å². The van der Waals surface area contributed by atoms with Gasteiger partial charge in [-0.1, -0.05) is 5.16 Å². The fourth-order valence-corrected chi connectivity index (χ4v) is 2.13. The summed E-state index contributed by atoms with van der Waals surface area (Å²) < 4.78 is 4.91. The molecular weight excluding hydrogens is 248 g/mol. The van der Waals surface area contributed by atoms with Crippen molar-refractivity contribution in [3.63, 3.8) is 0 Å². The van der Waals surface area contributed by atoms with E-state index in [1.165, 1.54) is 6.20 Å². The third kappa shape index (κ3) is 2.76. The standard InChI is InChI=1S/C12H18N4O3/c1-3-14-11(17)10-7-13-4-5-16(10)12(18)9-6-15-19-8(9)2/h6,10,13H,3-5,7H2,1-2H3,(H,14,17). The number of hydrogen-bond acceptors (Lipinski definition) is 5. The summed E-state index contributed by atoms with van der Waals surface area (Å²) in [4.78, 5) is 26.0. The van der Waals surface area contributed by atoms with E-state index in [4.69, 9.17) is 4.52 Å². The number of aryl methyl sites for hydroxylation is 1. The molecule has 2 heterocycles. The van der Waals surface area contributed by atoms with Gasteiger partial charge in [0.25, 0.3) is 5.91 Å². The average molecular weight is 266 g/mol. The van der Waals surface area contributed by atoms with Gasteiger partial charge in [-0.3, -0.25) is 9.59 Å². The summed E-state index contributed by atoms with van der Waals surface area (Å²) in [6.07, 6.45) is 1.40. The summed E-state index contributed by atoms with van der Waals surface area (Å²) in [5.41, 5.74) is 0.413. The molecule has 7 heteroatoms. The second-order valence-electron chi connectivity index (χ2n) is 4.41. The Morgan fingerprint density at radius 3 is 3.05 bits per heavy atom. The van der Waals surface area contributed by atoms with E-state index in [0.29, 0.717) is 37.5 Å². The molecule has 1 aliphatic rings. The lowest BCUT2D eigenvalue weighted by molar-refractivity contribution is -0.126. The predicted octanol–water partition coefficient (Wildman–Crippen LogP) is -0.467. The van der Waals surface area contributed by atoms with Crippen LogP contribution in [0.5, 0.6) is 0 Å². The Morgan fingerprint density at radius 1 is 1.63 bits per heavy atom. The van der Waals surface area contributed by atoms with E-state index in [9.17, 15) is 9.59 Å². The van der Waals surface area contributed by atoms with E-state index >= 15 is 0 Å². The Morgan fingerprint density at radius 2 is 2.42 bits per heavy atom. The molecule has 1 saturated heterocycles. The summed E-state index contributed by atoms with van der Waals surface area (Å²) in [7, 11) is 0. The number of likely N-dealkylation sites (N-methyl/N-ethyl adjacent to an activating group) is 1. The molecule has 0 aromatic carbocycles. The van der Waals surface area contributed by atoms with Crippen LogP contribution < -0.4 is 10.6 Å². The number of amides is 2. The molecule has 2 N–H and O–H groups in total. The van der Waals surface area contributed by atoms with Crippen LogP contribution in [0, 0.1) is 6.92 Å². The fourth-order valence-electron chi connectivity index (χ4n) is 2.13. The van der Waals surface area contributed by atoms with Gasteiger partial charge in [0.15, 0.2) is 0 Å². The highest BCUT2D eigenvalue weighted by Crippen LogP contribution is 2.14. The molecule has 0 bridgehead atoms. The smallest absolute Gasteiger partial charge is 0.259 e. The van der Waals surface area contributed by atoms with Crippen molar-refractivity contribution in [1.82, 2.24) is 20.7 Å². The Kier molecular flexibility index (Phi) is 4.16. The zero-order valence-corrected chi connectivity index (χ0v) is 11.1. The molecule has 1 unspecified atom stereocenters. The second kappa shape index (κ2) is 5.83. The van der Waals surface area contributed by atoms with Crippen LogP contribution in [0.15, 0.2) is 10.7 Å². The molecule has 1 atom stereocenters. The van der Waals surface area contributed by atoms with Gasteiger partial charge in [0.05, 0.1) is 6.20 Å². The van der Waals surface area contributed by atoms with Crippen LogP contribution in [0.1, 0.15) is 23.0 Å². The van der Waals surface area contributed by atoms with Gasteiger partial charge in [-0.25, -0.2) is 0 Å². The maximum atomic E-state index is 12.4. The minimum atomic E-state index is -0.490. The largest absolute Gasteiger partial charge is 0.361 e. The van der Waals surface area contributed by atoms with Gasteiger partial charge < -0.3 is 20.1 Å². The molecule has 1 aliphatic heterocycles. The van der Waals surface area contributed by atoms with Gasteiger partial charge in [0, 0.05) is 26.2 Å². The minimum Gasteiger partial charge on any atom is -0.361 e. The topological polar surface area (TPSA) is 87.5 Å². The molecule has 0 radical (unpaired) electrons. The molecule has 7 nitrogen and oxygen atoms in total. The van der Waals surface area contributed by atoms with Gasteiger partial charge in [0.1, 0.15) is 17.4 Å². The first kappa shape index (κ1) is 13.5. The monoisotopic (exact) mass is 266 g/mol. The van der Waals surface area contributed by atoms with Crippen molar-refractivity contribution in [2.75, 3.05) is 26.2 Å². The first-order valence-electron chi connectivity index (χ1n) is 6.35. The molecule has 1 fully saturated rings. The Hall–Kier alpha value is -1.89. The quantitative estimate of drug-likeness (QED) is 0.772. The van der Waals surface area contributed by atoms with Gasteiger partial charge >= 0.3 is 0 Å². The summed E-state index contributed by atoms with van der Waals surface area (Å²) >= 11 is 0. The first-order chi connectivity index (χ1) is 9.15. The summed E-state index contributed by atoms with van der Waals surface area (Å²) in [5, 5.41) is 9.48. The lowest BCUT2D eigenvalue weighted by Gasteiger charge is -2.34. The van der Waals surface area contributed by atoms with E-state index in [-0.39, 0.29) is 11.8 Å². The second-order valence-corrected chi connectivity index (χ2v) is 4.41. The SMILES string of the molecule is CCNC(=O)C1CNCCN1C(=O)c1cnoc1C. The lowest BCUT2D eigenvalue weighted by atomic mass is 10.1. The number of nitrogens with zero attached hydrogens (tertiary/aromatic N) is 2. The van der Waals surface area contributed by atoms with Crippen molar-refractivity contribution >= 4 is 11.8 Å². The van der Waals surface area contributed by atoms with Crippen LogP contribution in [0.4, 0.5) is 0 Å². The van der Waals surface area contributed by atoms with Crippen molar-refractivity contribution in [3.05, 3.63) is 17.5 Å². The Balaban J connectivity index is 2.18. The molecule has 1 aromatic rings. The van der Waals surface area contributed by atoms with E-state index in [2.05, 4.69) is 15.8 Å². The molecule has 0 spiro atoms. The van der Waals surface area contributed by atoms with E-state index in [1.807, 2.05) is 6.92 Å². The highest BCUT2D eigenvalue weighted by molar-refractivity contribution is 5.98. The van der Waals surface area contributed by atoms with Crippen LogP contribution in [-0.2, 0) is 4.79 Å². The van der Waals surface area contributed by atoms with Crippen molar-refractivity contribution in [1.29, 1.82) is 0 Å². The number of aromatic nitrogens is 1. The Bertz CT molecular complexity index is 471. The predicted molar refractivity (Wildman–Crippen MR) is 67.6 cm³/mol. The summed E-state index contributed by atoms with van der Waals surface area (Å²) in [5.74, 6) is 0.117. The minimum absolute atomic E-state index is 0.142. The maximum Gasteiger partial charge on any atom is 0.259 e. The third-order valence-corrected chi connectivity index (χ3v) is 3.14. The van der Waals surface area contributed by atoms with Crippen LogP contribution in [0.2, 0.25) is 0 Å². The van der Waals surface area contributed by atoms with E-state index in [0.717, 1.165) is 0 Å². The number of piperazine rings is 1. The highest BCUT2D eigenvalue weighted by Gasteiger charge is 2.33. The van der Waals surface area contributed by atoms with Crippen molar-refractivity contribution in [3.8, 4) is 0 Å². The fraction of sp³-hybridized carbons (Fsp3) is 0.583. The number of hydrogen-bond donors (Lipinski definition) is 2. The normalized spacial score (nSPS) is 19.3. The highest BCUT2D eigenvalue weighted by atomic mass is 16.5. The maximum absolute atomic E-state index is 12.4. The molecule has 104 valence electrons. The van der Waals surface area contributed by atoms with Gasteiger partial charge in [-0.15, -0.1) is 0 Å². The van der Waals surface area contributed by atoms with E-state index < -0.39 is 6.04 Å². The lowest BCUT2D eigenvalue weighted by Crippen LogP contribution is -2.59. The molecule has 2 amide bonds. The van der Waals surface area contributed by atoms with Gasteiger partial charge in [-0.2, -0.15) is 0 Å². The van der Waals surface area contributed by atoms with E-state index in [1.54, 1.807) is 11.8 Å². The molecule has 0 aliphatic carbocycles. The van der Waals surface area contributed by atoms with Crippen LogP contribution in [0.3, 0.4) is 0 Å². The first-order valence-corrected chi connectivity index (χ1v) is 6.35. The van der Waals surface area contributed by atoms with Crippen LogP contribution >= 0.6 is 0 Å². The van der Waals surface area contributed by atoms with Crippen molar-refractivity contribution < 1.29 is 14.1 Å². The molecule has 1 aromatic heterocycles. The van der Waals surface area contributed by atoms with Crippen LogP contribution in [0.25, 0.3) is 0 Å². The van der Waals surface area contributed by atoms with Gasteiger partial charge in [0.2, 0.25) is 5.91 Å². The number of nitrogens with one attached hydrogen (secondary N) is 2.